The molecule has 0 aliphatic heterocycles. The molecule has 0 radical (unpaired) electrons. The van der Waals surface area contributed by atoms with Crippen LogP contribution in [0.3, 0.4) is 0 Å². The molecule has 0 unspecified atom stereocenters. The summed E-state index contributed by atoms with van der Waals surface area (Å²) in [6.07, 6.45) is 0. The van der Waals surface area contributed by atoms with Gasteiger partial charge in [-0.05, 0) is 33.0 Å². The maximum Gasteiger partial charge on any atom is 0.257 e. The van der Waals surface area contributed by atoms with Gasteiger partial charge in [-0.25, -0.2) is 4.68 Å². The van der Waals surface area contributed by atoms with Gasteiger partial charge in [-0.1, -0.05) is 18.2 Å². The number of benzene rings is 1. The highest BCUT2D eigenvalue weighted by Gasteiger charge is 2.21. The second kappa shape index (κ2) is 7.96. The summed E-state index contributed by atoms with van der Waals surface area (Å²) in [5.41, 5.74) is 3.30. The Morgan fingerprint density at radius 2 is 1.91 bits per heavy atom. The normalized spacial score (nSPS) is 10.2. The van der Waals surface area contributed by atoms with Gasteiger partial charge in [-0.15, -0.1) is 12.4 Å². The van der Waals surface area contributed by atoms with E-state index in [-0.39, 0.29) is 18.3 Å². The third kappa shape index (κ3) is 3.67. The monoisotopic (exact) mass is 322 g/mol. The van der Waals surface area contributed by atoms with Gasteiger partial charge in [0.1, 0.15) is 0 Å². The molecule has 2 aromatic rings. The van der Waals surface area contributed by atoms with Gasteiger partial charge in [0.2, 0.25) is 0 Å². The molecule has 1 amide bonds. The van der Waals surface area contributed by atoms with Crippen LogP contribution in [0.4, 0.5) is 0 Å². The molecule has 2 rings (SSSR count). The first kappa shape index (κ1) is 18.2. The van der Waals surface area contributed by atoms with Crippen LogP contribution in [0.2, 0.25) is 0 Å². The number of likely N-dealkylation sites (N-methyl/N-ethyl adjacent to an activating group) is 2. The second-order valence-electron chi connectivity index (χ2n) is 5.12. The predicted octanol–water partition coefficient (Wildman–Crippen LogP) is 2.20. The first-order valence-corrected chi connectivity index (χ1v) is 7.08. The lowest BCUT2D eigenvalue weighted by atomic mass is 10.1. The van der Waals surface area contributed by atoms with Gasteiger partial charge in [0.25, 0.3) is 5.91 Å². The molecule has 0 aliphatic rings. The molecular weight excluding hydrogens is 300 g/mol. The largest absolute Gasteiger partial charge is 0.340 e. The van der Waals surface area contributed by atoms with Crippen LogP contribution in [0.5, 0.6) is 0 Å². The van der Waals surface area contributed by atoms with Crippen molar-refractivity contribution in [2.45, 2.75) is 13.8 Å². The first-order valence-electron chi connectivity index (χ1n) is 7.08. The average molecular weight is 323 g/mol. The van der Waals surface area contributed by atoms with Crippen molar-refractivity contribution < 1.29 is 4.79 Å². The highest BCUT2D eigenvalue weighted by Crippen LogP contribution is 2.19. The van der Waals surface area contributed by atoms with Gasteiger partial charge in [0.15, 0.2) is 0 Å². The van der Waals surface area contributed by atoms with Crippen LogP contribution in [0.25, 0.3) is 5.69 Å². The van der Waals surface area contributed by atoms with Crippen LogP contribution >= 0.6 is 12.4 Å². The van der Waals surface area contributed by atoms with Gasteiger partial charge in [0, 0.05) is 20.1 Å². The molecule has 1 N–H and O–H groups in total. The van der Waals surface area contributed by atoms with E-state index in [0.717, 1.165) is 23.6 Å². The molecule has 22 heavy (non-hydrogen) atoms. The van der Waals surface area contributed by atoms with Crippen molar-refractivity contribution in [2.24, 2.45) is 0 Å². The minimum atomic E-state index is 0. The fourth-order valence-corrected chi connectivity index (χ4v) is 2.34. The quantitative estimate of drug-likeness (QED) is 0.918. The number of hydrogen-bond donors (Lipinski definition) is 1. The lowest BCUT2D eigenvalue weighted by molar-refractivity contribution is 0.0795. The Morgan fingerprint density at radius 3 is 2.50 bits per heavy atom. The van der Waals surface area contributed by atoms with Crippen molar-refractivity contribution in [2.75, 3.05) is 27.2 Å². The Bertz CT molecular complexity index is 625. The summed E-state index contributed by atoms with van der Waals surface area (Å²) < 4.78 is 1.83. The maximum absolute atomic E-state index is 12.6. The number of carbonyl (C=O) groups excluding carboxylic acids is 1. The minimum Gasteiger partial charge on any atom is -0.340 e. The zero-order valence-corrected chi connectivity index (χ0v) is 14.3. The highest BCUT2D eigenvalue weighted by atomic mass is 35.5. The zero-order chi connectivity index (χ0) is 15.4. The summed E-state index contributed by atoms with van der Waals surface area (Å²) in [5.74, 6) is 0.0161. The number of nitrogens with one attached hydrogen (secondary N) is 1. The maximum atomic E-state index is 12.6. The number of aryl methyl sites for hydroxylation is 1. The van der Waals surface area contributed by atoms with Gasteiger partial charge in [-0.3, -0.25) is 4.79 Å². The number of para-hydroxylation sites is 1. The summed E-state index contributed by atoms with van der Waals surface area (Å²) in [7, 11) is 3.70. The van der Waals surface area contributed by atoms with E-state index in [2.05, 4.69) is 10.4 Å². The lowest BCUT2D eigenvalue weighted by Crippen LogP contribution is -2.33. The van der Waals surface area contributed by atoms with Gasteiger partial charge >= 0.3 is 0 Å². The molecule has 0 atom stereocenters. The van der Waals surface area contributed by atoms with E-state index in [1.165, 1.54) is 0 Å². The van der Waals surface area contributed by atoms with E-state index in [1.807, 2.05) is 63.0 Å². The number of hydrogen-bond acceptors (Lipinski definition) is 3. The number of rotatable bonds is 5. The van der Waals surface area contributed by atoms with Crippen LogP contribution in [0, 0.1) is 13.8 Å². The molecule has 0 saturated carbocycles. The third-order valence-corrected chi connectivity index (χ3v) is 3.55. The summed E-state index contributed by atoms with van der Waals surface area (Å²) >= 11 is 0. The van der Waals surface area contributed by atoms with Crippen LogP contribution in [-0.4, -0.2) is 47.8 Å². The number of halogens is 1. The van der Waals surface area contributed by atoms with Crippen molar-refractivity contribution in [1.82, 2.24) is 20.0 Å². The molecule has 0 fully saturated rings. The molecule has 0 bridgehead atoms. The van der Waals surface area contributed by atoms with Gasteiger partial charge in [0.05, 0.1) is 22.6 Å². The fourth-order valence-electron chi connectivity index (χ4n) is 2.34. The Morgan fingerprint density at radius 1 is 1.27 bits per heavy atom. The SMILES string of the molecule is CNCCN(C)C(=O)c1c(C)nn(-c2ccccc2)c1C.Cl. The molecule has 0 aliphatic carbocycles. The van der Waals surface area contributed by atoms with Gasteiger partial charge < -0.3 is 10.2 Å². The molecule has 6 heteroatoms. The summed E-state index contributed by atoms with van der Waals surface area (Å²) in [6.45, 7) is 5.26. The number of carbonyl (C=O) groups is 1. The van der Waals surface area contributed by atoms with E-state index in [0.29, 0.717) is 12.1 Å². The van der Waals surface area contributed by atoms with Crippen molar-refractivity contribution >= 4 is 18.3 Å². The average Bonchev–Trinajstić information content (AvgIpc) is 2.80. The Labute approximate surface area is 137 Å². The first-order chi connectivity index (χ1) is 10.1. The number of amides is 1. The van der Waals surface area contributed by atoms with E-state index in [4.69, 9.17) is 0 Å². The molecule has 120 valence electrons. The van der Waals surface area contributed by atoms with E-state index >= 15 is 0 Å². The Kier molecular flexibility index (Phi) is 6.59. The van der Waals surface area contributed by atoms with Crippen LogP contribution in [-0.2, 0) is 0 Å². The van der Waals surface area contributed by atoms with Crippen molar-refractivity contribution in [3.63, 3.8) is 0 Å². The standard InChI is InChI=1S/C16H22N4O.ClH/c1-12-15(16(21)19(4)11-10-17-3)13(2)20(18-12)14-8-6-5-7-9-14;/h5-9,17H,10-11H2,1-4H3;1H. The van der Waals surface area contributed by atoms with E-state index < -0.39 is 0 Å². The van der Waals surface area contributed by atoms with Crippen LogP contribution in [0.1, 0.15) is 21.7 Å². The van der Waals surface area contributed by atoms with Crippen LogP contribution < -0.4 is 5.32 Å². The van der Waals surface area contributed by atoms with Crippen molar-refractivity contribution in [3.8, 4) is 5.69 Å². The predicted molar refractivity (Wildman–Crippen MR) is 91.2 cm³/mol. The molecular formula is C16H23ClN4O. The van der Waals surface area contributed by atoms with E-state index in [1.54, 1.807) is 4.90 Å². The van der Waals surface area contributed by atoms with Crippen LogP contribution in [0.15, 0.2) is 30.3 Å². The summed E-state index contributed by atoms with van der Waals surface area (Å²) in [4.78, 5) is 14.3. The third-order valence-electron chi connectivity index (χ3n) is 3.55. The summed E-state index contributed by atoms with van der Waals surface area (Å²) in [6, 6.07) is 9.86. The fraction of sp³-hybridized carbons (Fsp3) is 0.375. The summed E-state index contributed by atoms with van der Waals surface area (Å²) in [5, 5.41) is 7.57. The second-order valence-corrected chi connectivity index (χ2v) is 5.12. The van der Waals surface area contributed by atoms with E-state index in [9.17, 15) is 4.79 Å². The molecule has 5 nitrogen and oxygen atoms in total. The molecule has 1 heterocycles. The zero-order valence-electron chi connectivity index (χ0n) is 13.5. The number of nitrogens with zero attached hydrogens (tertiary/aromatic N) is 3. The topological polar surface area (TPSA) is 50.2 Å². The molecule has 1 aromatic heterocycles. The Balaban J connectivity index is 0.00000242. The lowest BCUT2D eigenvalue weighted by Gasteiger charge is -2.17. The smallest absolute Gasteiger partial charge is 0.257 e. The molecule has 1 aromatic carbocycles. The Hall–Kier alpha value is -1.85. The number of aromatic nitrogens is 2. The van der Waals surface area contributed by atoms with Crippen molar-refractivity contribution in [1.29, 1.82) is 0 Å². The minimum absolute atomic E-state index is 0. The van der Waals surface area contributed by atoms with Crippen molar-refractivity contribution in [3.05, 3.63) is 47.3 Å². The van der Waals surface area contributed by atoms with Gasteiger partial charge in [-0.2, -0.15) is 5.10 Å². The molecule has 0 spiro atoms. The highest BCUT2D eigenvalue weighted by molar-refractivity contribution is 5.96. The molecule has 0 saturated heterocycles.